The number of aromatic nitrogens is 3. The fourth-order valence-electron chi connectivity index (χ4n) is 9.53. The molecule has 4 atom stereocenters. The Morgan fingerprint density at radius 3 is 2.51 bits per heavy atom. The minimum absolute atomic E-state index is 0. The number of aliphatic hydroxyl groups excluding tert-OH is 1. The number of carbonyl (C=O) groups excluding carboxylic acids is 5. The van der Waals surface area contributed by atoms with E-state index in [9.17, 15) is 29.1 Å². The molecule has 1 aliphatic carbocycles. The average Bonchev–Trinajstić information content (AvgIpc) is 4.20. The normalized spacial score (nSPS) is 17.3. The number of amides is 5. The second-order valence-corrected chi connectivity index (χ2v) is 20.9. The molecule has 2 aromatic heterocycles. The number of unbranched alkanes of at least 4 members (excludes halogenated alkanes) is 1. The van der Waals surface area contributed by atoms with E-state index in [1.807, 2.05) is 64.4 Å². The van der Waals surface area contributed by atoms with Crippen LogP contribution in [0, 0.1) is 38.7 Å². The van der Waals surface area contributed by atoms with Gasteiger partial charge in [0, 0.05) is 75.6 Å². The van der Waals surface area contributed by atoms with Gasteiger partial charge in [0.15, 0.2) is 5.91 Å². The summed E-state index contributed by atoms with van der Waals surface area (Å²) in [5, 5.41) is 19.7. The maximum atomic E-state index is 14.0. The van der Waals surface area contributed by atoms with Crippen LogP contribution in [0.1, 0.15) is 122 Å². The van der Waals surface area contributed by atoms with Crippen LogP contribution in [0.2, 0.25) is 0 Å². The summed E-state index contributed by atoms with van der Waals surface area (Å²) < 4.78 is 8.27. The molecule has 1 fully saturated rings. The Kier molecular flexibility index (Phi) is 19.5. The van der Waals surface area contributed by atoms with Gasteiger partial charge in [-0.15, -0.1) is 23.0 Å². The van der Waals surface area contributed by atoms with Crippen LogP contribution < -0.4 is 20.7 Å². The summed E-state index contributed by atoms with van der Waals surface area (Å²) >= 11 is 1.57. The van der Waals surface area contributed by atoms with Crippen LogP contribution in [0.25, 0.3) is 21.7 Å². The maximum Gasteiger partial charge on any atom is 2.00 e. The number of likely N-dealkylation sites (tertiary alicyclic amines) is 1. The van der Waals surface area contributed by atoms with Crippen LogP contribution in [0.3, 0.4) is 0 Å². The Balaban J connectivity index is 0.00000435. The van der Waals surface area contributed by atoms with E-state index in [0.29, 0.717) is 43.7 Å². The third kappa shape index (κ3) is 14.2. The van der Waals surface area contributed by atoms with Gasteiger partial charge in [-0.2, -0.15) is 12.1 Å². The Morgan fingerprint density at radius 1 is 1.00 bits per heavy atom. The maximum absolute atomic E-state index is 14.0. The van der Waals surface area contributed by atoms with E-state index >= 15 is 0 Å². The first-order valence-electron chi connectivity index (χ1n) is 24.9. The van der Waals surface area contributed by atoms with Crippen LogP contribution >= 0.6 is 11.3 Å². The predicted octanol–water partition coefficient (Wildman–Crippen LogP) is 7.89. The number of β-amino-alcohol motifs (C(OH)–C–C–N with tert-alkyl or cyclic N) is 1. The molecule has 73 heavy (non-hydrogen) atoms. The molecule has 4 heterocycles. The van der Waals surface area contributed by atoms with Gasteiger partial charge in [0.1, 0.15) is 11.9 Å². The first-order chi connectivity index (χ1) is 34.1. The summed E-state index contributed by atoms with van der Waals surface area (Å²) in [7, 11) is 0. The first kappa shape index (κ1) is 56.3. The Bertz CT molecular complexity index is 2760. The number of aryl methyl sites for hydroxylation is 5. The molecule has 0 bridgehead atoms. The number of aliphatic hydroxyl groups is 1. The number of thiazole rings is 1. The molecular weight excluding hydrogens is 988 g/mol. The fourth-order valence-corrected chi connectivity index (χ4v) is 10.3. The quantitative estimate of drug-likeness (QED) is 0.0361. The molecular formula is C56H68CoN8O7S. The van der Waals surface area contributed by atoms with Crippen molar-refractivity contribution in [1.82, 2.24) is 35.4 Å². The van der Waals surface area contributed by atoms with Crippen molar-refractivity contribution >= 4 is 47.1 Å². The molecule has 3 aromatic carbocycles. The number of carbonyl (C=O) groups is 5. The first-order valence-corrected chi connectivity index (χ1v) is 25.7. The topological polar surface area (TPSA) is 197 Å². The number of benzene rings is 3. The zero-order chi connectivity index (χ0) is 50.2. The summed E-state index contributed by atoms with van der Waals surface area (Å²) in [6, 6.07) is 20.0. The van der Waals surface area contributed by atoms with E-state index in [1.54, 1.807) is 23.5 Å². The molecule has 1 radical (unpaired) electrons. The van der Waals surface area contributed by atoms with Crippen molar-refractivity contribution in [3.05, 3.63) is 119 Å². The van der Waals surface area contributed by atoms with Gasteiger partial charge >= 0.3 is 16.8 Å². The van der Waals surface area contributed by atoms with Crippen LogP contribution in [0.5, 0.6) is 5.75 Å². The predicted molar refractivity (Wildman–Crippen MR) is 279 cm³/mol. The molecule has 0 saturated carbocycles. The van der Waals surface area contributed by atoms with E-state index in [0.717, 1.165) is 82.1 Å². The number of hydrogen-bond acceptors (Lipinski definition) is 10. The smallest absolute Gasteiger partial charge is 0.551 e. The molecule has 3 aliphatic rings. The molecule has 1 saturated heterocycles. The Morgan fingerprint density at radius 2 is 1.77 bits per heavy atom. The van der Waals surface area contributed by atoms with E-state index in [4.69, 9.17) is 9.72 Å². The van der Waals surface area contributed by atoms with Gasteiger partial charge in [-0.1, -0.05) is 69.7 Å². The summed E-state index contributed by atoms with van der Waals surface area (Å²) in [4.78, 5) is 82.3. The number of nitrogens with zero attached hydrogens (tertiary/aromatic N) is 5. The fraction of sp³-hybridized carbons (Fsp3) is 0.446. The van der Waals surface area contributed by atoms with Crippen LogP contribution in [0.4, 0.5) is 0 Å². The summed E-state index contributed by atoms with van der Waals surface area (Å²) in [6.45, 7) is 11.5. The van der Waals surface area contributed by atoms with Gasteiger partial charge in [0.2, 0.25) is 23.6 Å². The molecule has 5 amide bonds. The molecule has 17 heteroatoms. The monoisotopic (exact) mass is 1060 g/mol. The molecule has 4 N–H and O–H groups in total. The molecule has 389 valence electrons. The second-order valence-electron chi connectivity index (χ2n) is 20.0. The largest absolute Gasteiger partial charge is 2.00 e. The number of nitrogens with one attached hydrogen (secondary N) is 3. The van der Waals surface area contributed by atoms with Crippen molar-refractivity contribution in [2.24, 2.45) is 16.3 Å². The molecule has 1 unspecified atom stereocenters. The van der Waals surface area contributed by atoms with Crippen molar-refractivity contribution in [2.75, 3.05) is 19.7 Å². The minimum Gasteiger partial charge on any atom is -0.551 e. The standard InChI is InChI=1S/C55H65N8O7S.CH3.Co/c1-34-13-16-40(52(67)61-44-22-21-37-19-20-39(26-42(37)44)45-32-62-24-8-10-48(62)60-45)27-47(34)70-25-9-23-56-49(65)11-6-7-12-50(66)57-30-43(55(3,4)5)54(69)63-31-41(64)28-46(63)53(68)58-29-36-14-17-38(18-15-36)51-35(2)59-33-71-51;;/h14-20,26-27,30,32-33,41,43-44,46,64H,6-12,21-25,28-29,31H2,1-5H3,(H,56,65)(H,58,68)(H,61,67);1H3;/q2*-1;+2/t41-,43?,44-,46+;;/m1../s1. The van der Waals surface area contributed by atoms with Gasteiger partial charge in [0.25, 0.3) is 0 Å². The number of fused-ring (bicyclic) bond motifs is 2. The van der Waals surface area contributed by atoms with E-state index in [1.165, 1.54) is 16.7 Å². The SMILES string of the molecule is Cc1[c-]cc(C(=O)N[C@@H]2CCc3ccc(-c4cn5c(n4)CCC5)cc32)cc1OCCCNC(=O)CCCCC(=O)N=CC(C(=O)N1C[C@H](O)C[C@H]1C(=O)NCc1ccc(-c2scnc2C)cc1)C(C)(C)C.[CH3-].[Co+2]. The number of rotatable bonds is 19. The van der Waals surface area contributed by atoms with Crippen LogP contribution in [0.15, 0.2) is 71.3 Å². The minimum atomic E-state index is -0.866. The van der Waals surface area contributed by atoms with Crippen LogP contribution in [-0.2, 0) is 61.9 Å². The number of aliphatic imine (C=N–C) groups is 1. The third-order valence-corrected chi connectivity index (χ3v) is 14.6. The average molecular weight is 1060 g/mol. The zero-order valence-electron chi connectivity index (χ0n) is 42.7. The molecule has 5 aromatic rings. The second kappa shape index (κ2) is 25.3. The summed E-state index contributed by atoms with van der Waals surface area (Å²) in [5.41, 5.74) is 9.75. The summed E-state index contributed by atoms with van der Waals surface area (Å²) in [6.07, 6.45) is 8.43. The van der Waals surface area contributed by atoms with Gasteiger partial charge in [-0.05, 0) is 79.2 Å². The van der Waals surface area contributed by atoms with E-state index in [-0.39, 0.29) is 86.2 Å². The molecule has 8 rings (SSSR count). The third-order valence-electron chi connectivity index (χ3n) is 13.7. The number of imidazole rings is 1. The van der Waals surface area contributed by atoms with Gasteiger partial charge in [-0.3, -0.25) is 24.0 Å². The van der Waals surface area contributed by atoms with Gasteiger partial charge < -0.3 is 42.7 Å². The summed E-state index contributed by atoms with van der Waals surface area (Å²) in [5.74, 6) is -0.590. The Labute approximate surface area is 443 Å². The molecule has 0 spiro atoms. The van der Waals surface area contributed by atoms with Crippen molar-refractivity contribution in [2.45, 2.75) is 130 Å². The van der Waals surface area contributed by atoms with E-state index in [2.05, 4.69) is 61.0 Å². The van der Waals surface area contributed by atoms with Crippen molar-refractivity contribution in [1.29, 1.82) is 0 Å². The zero-order valence-corrected chi connectivity index (χ0v) is 44.6. The number of ether oxygens (including phenoxy) is 1. The van der Waals surface area contributed by atoms with Crippen molar-refractivity contribution < 1.29 is 50.6 Å². The van der Waals surface area contributed by atoms with Gasteiger partial charge in [0.05, 0.1) is 46.4 Å². The van der Waals surface area contributed by atoms with Crippen molar-refractivity contribution in [3.63, 3.8) is 0 Å². The number of hydrogen-bond donors (Lipinski definition) is 4. The molecule has 15 nitrogen and oxygen atoms in total. The van der Waals surface area contributed by atoms with Gasteiger partial charge in [-0.25, -0.2) is 15.0 Å². The van der Waals surface area contributed by atoms with Crippen molar-refractivity contribution in [3.8, 4) is 27.4 Å². The van der Waals surface area contributed by atoms with Crippen LogP contribution in [-0.4, -0.2) is 92.1 Å². The Hall–Kier alpha value is -6.01. The van der Waals surface area contributed by atoms with E-state index < -0.39 is 29.4 Å². The molecule has 2 aliphatic heterocycles.